The Morgan fingerprint density at radius 1 is 1.00 bits per heavy atom. The molecule has 20 heavy (non-hydrogen) atoms. The van der Waals surface area contributed by atoms with E-state index in [2.05, 4.69) is 13.8 Å². The summed E-state index contributed by atoms with van der Waals surface area (Å²) in [6.45, 7) is 6.03. The normalized spacial score (nSPS) is 10.5. The maximum atomic E-state index is 12.6. The molecule has 0 heterocycles. The second kappa shape index (κ2) is 9.40. The first-order valence-electron chi connectivity index (χ1n) is 7.84. The van der Waals surface area contributed by atoms with Gasteiger partial charge in [-0.1, -0.05) is 51.7 Å². The molecule has 0 spiro atoms. The minimum absolute atomic E-state index is 0.0790. The number of hydrogen-bond acceptors (Lipinski definition) is 2. The summed E-state index contributed by atoms with van der Waals surface area (Å²) in [6.07, 6.45) is 6.82. The van der Waals surface area contributed by atoms with Gasteiger partial charge in [0.25, 0.3) is 5.91 Å². The molecule has 0 aliphatic rings. The number of hydrogen-bond donors (Lipinski definition) is 1. The molecular weight excluding hydrogens is 248 g/mol. The predicted octanol–water partition coefficient (Wildman–Crippen LogP) is 4.09. The maximum Gasteiger partial charge on any atom is 0.255 e. The Bertz CT molecular complexity index is 394. The number of rotatable bonds is 9. The highest BCUT2D eigenvalue weighted by Gasteiger charge is 2.16. The molecule has 0 saturated carbocycles. The van der Waals surface area contributed by atoms with Crippen LogP contribution in [0.1, 0.15) is 62.7 Å². The number of nitrogen functional groups attached to an aromatic ring is 1. The summed E-state index contributed by atoms with van der Waals surface area (Å²) in [6, 6.07) is 7.36. The lowest BCUT2D eigenvalue weighted by Crippen LogP contribution is -2.33. The van der Waals surface area contributed by atoms with Gasteiger partial charge < -0.3 is 10.6 Å². The monoisotopic (exact) mass is 276 g/mol. The quantitative estimate of drug-likeness (QED) is 0.545. The number of carbonyl (C=O) groups is 1. The fourth-order valence-electron chi connectivity index (χ4n) is 2.28. The lowest BCUT2D eigenvalue weighted by Gasteiger charge is -2.23. The van der Waals surface area contributed by atoms with Gasteiger partial charge in [-0.2, -0.15) is 0 Å². The van der Waals surface area contributed by atoms with Gasteiger partial charge in [-0.05, 0) is 25.0 Å². The van der Waals surface area contributed by atoms with Gasteiger partial charge in [0.05, 0.1) is 5.56 Å². The third-order valence-electron chi connectivity index (χ3n) is 3.54. The molecular formula is C17H28N2O. The molecule has 1 aromatic rings. The van der Waals surface area contributed by atoms with E-state index in [-0.39, 0.29) is 5.91 Å². The van der Waals surface area contributed by atoms with Gasteiger partial charge >= 0.3 is 0 Å². The van der Waals surface area contributed by atoms with Crippen molar-refractivity contribution in [3.05, 3.63) is 29.8 Å². The Labute approximate surface area is 123 Å². The fraction of sp³-hybridized carbons (Fsp3) is 0.588. The molecule has 1 amide bonds. The fourth-order valence-corrected chi connectivity index (χ4v) is 2.28. The molecule has 0 unspecified atom stereocenters. The highest BCUT2D eigenvalue weighted by Crippen LogP contribution is 2.15. The molecule has 0 saturated heterocycles. The smallest absolute Gasteiger partial charge is 0.255 e. The van der Waals surface area contributed by atoms with Gasteiger partial charge in [0, 0.05) is 18.8 Å². The highest BCUT2D eigenvalue weighted by atomic mass is 16.2. The Hall–Kier alpha value is -1.51. The summed E-state index contributed by atoms with van der Waals surface area (Å²) in [7, 11) is 0. The van der Waals surface area contributed by atoms with Crippen molar-refractivity contribution in [1.82, 2.24) is 4.90 Å². The van der Waals surface area contributed by atoms with Gasteiger partial charge in [0.15, 0.2) is 0 Å². The van der Waals surface area contributed by atoms with Gasteiger partial charge in [0.1, 0.15) is 0 Å². The van der Waals surface area contributed by atoms with Crippen molar-refractivity contribution >= 4 is 11.6 Å². The molecule has 0 aliphatic heterocycles. The zero-order valence-electron chi connectivity index (χ0n) is 12.9. The second-order valence-corrected chi connectivity index (χ2v) is 5.29. The van der Waals surface area contributed by atoms with Crippen LogP contribution in [0.3, 0.4) is 0 Å². The number of nitrogens with zero attached hydrogens (tertiary/aromatic N) is 1. The highest BCUT2D eigenvalue weighted by molar-refractivity contribution is 5.99. The Morgan fingerprint density at radius 3 is 2.05 bits per heavy atom. The minimum Gasteiger partial charge on any atom is -0.398 e. The van der Waals surface area contributed by atoms with Crippen molar-refractivity contribution in [2.45, 2.75) is 52.4 Å². The average Bonchev–Trinajstić information content (AvgIpc) is 2.46. The lowest BCUT2D eigenvalue weighted by molar-refractivity contribution is 0.0750. The third-order valence-corrected chi connectivity index (χ3v) is 3.54. The van der Waals surface area contributed by atoms with E-state index in [1.807, 2.05) is 23.1 Å². The molecule has 112 valence electrons. The molecule has 0 aromatic heterocycles. The maximum absolute atomic E-state index is 12.6. The van der Waals surface area contributed by atoms with E-state index in [4.69, 9.17) is 5.73 Å². The first-order chi connectivity index (χ1) is 9.70. The zero-order chi connectivity index (χ0) is 14.8. The summed E-state index contributed by atoms with van der Waals surface area (Å²) in [5.41, 5.74) is 7.14. The zero-order valence-corrected chi connectivity index (χ0v) is 12.9. The lowest BCUT2D eigenvalue weighted by atomic mass is 10.1. The summed E-state index contributed by atoms with van der Waals surface area (Å²) in [4.78, 5) is 14.6. The third kappa shape index (κ3) is 5.24. The Kier molecular flexibility index (Phi) is 7.78. The summed E-state index contributed by atoms with van der Waals surface area (Å²) >= 11 is 0. The van der Waals surface area contributed by atoms with Crippen LogP contribution in [0, 0.1) is 0 Å². The molecule has 0 fully saturated rings. The van der Waals surface area contributed by atoms with E-state index in [0.29, 0.717) is 11.3 Å². The summed E-state index contributed by atoms with van der Waals surface area (Å²) in [5, 5.41) is 0. The van der Waals surface area contributed by atoms with Crippen LogP contribution >= 0.6 is 0 Å². The van der Waals surface area contributed by atoms with Gasteiger partial charge in [-0.25, -0.2) is 0 Å². The first-order valence-corrected chi connectivity index (χ1v) is 7.84. The number of unbranched alkanes of at least 4 members (excludes halogenated alkanes) is 4. The Morgan fingerprint density at radius 2 is 1.55 bits per heavy atom. The largest absolute Gasteiger partial charge is 0.398 e. The summed E-state index contributed by atoms with van der Waals surface area (Å²) < 4.78 is 0. The number of anilines is 1. The molecule has 2 N–H and O–H groups in total. The SMILES string of the molecule is CCCCCN(CCCCC)C(=O)c1ccccc1N. The van der Waals surface area contributed by atoms with Gasteiger partial charge in [0.2, 0.25) is 0 Å². The van der Waals surface area contributed by atoms with Gasteiger partial charge in [-0.15, -0.1) is 0 Å². The van der Waals surface area contributed by atoms with Crippen molar-refractivity contribution in [2.24, 2.45) is 0 Å². The number of para-hydroxylation sites is 1. The molecule has 1 rings (SSSR count). The van der Waals surface area contributed by atoms with Gasteiger partial charge in [-0.3, -0.25) is 4.79 Å². The van der Waals surface area contributed by atoms with Crippen LogP contribution < -0.4 is 5.73 Å². The molecule has 3 nitrogen and oxygen atoms in total. The van der Waals surface area contributed by atoms with Crippen molar-refractivity contribution in [2.75, 3.05) is 18.8 Å². The molecule has 0 radical (unpaired) electrons. The van der Waals surface area contributed by atoms with Crippen molar-refractivity contribution in [1.29, 1.82) is 0 Å². The van der Waals surface area contributed by atoms with E-state index < -0.39 is 0 Å². The molecule has 3 heteroatoms. The summed E-state index contributed by atoms with van der Waals surface area (Å²) in [5.74, 6) is 0.0790. The van der Waals surface area contributed by atoms with Crippen LogP contribution in [-0.2, 0) is 0 Å². The second-order valence-electron chi connectivity index (χ2n) is 5.29. The molecule has 0 aliphatic carbocycles. The number of benzene rings is 1. The van der Waals surface area contributed by atoms with Crippen molar-refractivity contribution in [3.8, 4) is 0 Å². The van der Waals surface area contributed by atoms with Crippen molar-refractivity contribution in [3.63, 3.8) is 0 Å². The van der Waals surface area contributed by atoms with Crippen LogP contribution in [0.2, 0.25) is 0 Å². The van der Waals surface area contributed by atoms with Crippen LogP contribution in [0.15, 0.2) is 24.3 Å². The van der Waals surface area contributed by atoms with Crippen LogP contribution in [0.25, 0.3) is 0 Å². The van der Waals surface area contributed by atoms with E-state index in [9.17, 15) is 4.79 Å². The standard InChI is InChI=1S/C17H28N2O/c1-3-5-9-13-19(14-10-6-4-2)17(20)15-11-7-8-12-16(15)18/h7-8,11-12H,3-6,9-10,13-14,18H2,1-2H3. The van der Waals surface area contributed by atoms with Crippen LogP contribution in [0.4, 0.5) is 5.69 Å². The van der Waals surface area contributed by atoms with E-state index >= 15 is 0 Å². The topological polar surface area (TPSA) is 46.3 Å². The van der Waals surface area contributed by atoms with Crippen molar-refractivity contribution < 1.29 is 4.79 Å². The Balaban J connectivity index is 2.69. The van der Waals surface area contributed by atoms with Crippen LogP contribution in [-0.4, -0.2) is 23.9 Å². The van der Waals surface area contributed by atoms with Crippen LogP contribution in [0.5, 0.6) is 0 Å². The number of nitrogens with two attached hydrogens (primary N) is 1. The van der Waals surface area contributed by atoms with E-state index in [1.54, 1.807) is 6.07 Å². The minimum atomic E-state index is 0.0790. The van der Waals surface area contributed by atoms with E-state index in [0.717, 1.165) is 25.9 Å². The predicted molar refractivity (Wildman–Crippen MR) is 85.8 cm³/mol. The van der Waals surface area contributed by atoms with E-state index in [1.165, 1.54) is 25.7 Å². The first kappa shape index (κ1) is 16.5. The average molecular weight is 276 g/mol. The number of amides is 1. The molecule has 0 bridgehead atoms. The molecule has 1 aromatic carbocycles. The molecule has 0 atom stereocenters. The number of carbonyl (C=O) groups excluding carboxylic acids is 1.